The third-order valence-electron chi connectivity index (χ3n) is 6.46. The molecular weight excluding hydrogens is 501 g/mol. The molecule has 2 aliphatic heterocycles. The Morgan fingerprint density at radius 1 is 1.00 bits per heavy atom. The van der Waals surface area contributed by atoms with Crippen LogP contribution in [0.15, 0.2) is 36.4 Å². The summed E-state index contributed by atoms with van der Waals surface area (Å²) in [6, 6.07) is 11.4. The molecule has 9 heteroatoms. The predicted molar refractivity (Wildman–Crippen MR) is 144 cm³/mol. The Bertz CT molecular complexity index is 1090. The normalized spacial score (nSPS) is 16.3. The van der Waals surface area contributed by atoms with E-state index in [0.29, 0.717) is 40.9 Å². The minimum Gasteiger partial charge on any atom is -0.494 e. The topological polar surface area (TPSA) is 62.3 Å². The largest absolute Gasteiger partial charge is 0.494 e. The second kappa shape index (κ2) is 12.2. The lowest BCUT2D eigenvalue weighted by Crippen LogP contribution is -2.46. The van der Waals surface area contributed by atoms with Gasteiger partial charge in [-0.05, 0) is 63.4 Å². The Hall–Kier alpha value is -2.48. The summed E-state index contributed by atoms with van der Waals surface area (Å²) in [5, 5.41) is 1.21. The van der Waals surface area contributed by atoms with Crippen LogP contribution in [-0.2, 0) is 16.0 Å². The molecule has 194 valence electrons. The number of benzene rings is 2. The number of piperazine rings is 1. The third-order valence-corrected chi connectivity index (χ3v) is 7.26. The van der Waals surface area contributed by atoms with Gasteiger partial charge < -0.3 is 14.4 Å². The van der Waals surface area contributed by atoms with Crippen molar-refractivity contribution in [2.45, 2.75) is 45.6 Å². The van der Waals surface area contributed by atoms with Crippen LogP contribution in [0.5, 0.6) is 5.75 Å². The monoisotopic (exact) mass is 533 g/mol. The van der Waals surface area contributed by atoms with Crippen LogP contribution in [0.25, 0.3) is 0 Å². The Balaban J connectivity index is 1.22. The van der Waals surface area contributed by atoms with E-state index in [2.05, 4.69) is 9.80 Å². The van der Waals surface area contributed by atoms with Gasteiger partial charge in [-0.25, -0.2) is 9.69 Å². The minimum atomic E-state index is -0.633. The molecule has 0 bridgehead atoms. The first-order chi connectivity index (χ1) is 17.3. The van der Waals surface area contributed by atoms with Gasteiger partial charge >= 0.3 is 6.09 Å². The van der Waals surface area contributed by atoms with Crippen LogP contribution in [0.2, 0.25) is 10.0 Å². The van der Waals surface area contributed by atoms with Crippen molar-refractivity contribution >= 4 is 46.6 Å². The molecule has 36 heavy (non-hydrogen) atoms. The summed E-state index contributed by atoms with van der Waals surface area (Å²) >= 11 is 12.5. The molecule has 1 fully saturated rings. The summed E-state index contributed by atoms with van der Waals surface area (Å²) in [6.07, 6.45) is 1.90. The second-order valence-electron chi connectivity index (χ2n) is 9.41. The molecule has 0 saturated carbocycles. The van der Waals surface area contributed by atoms with E-state index in [1.807, 2.05) is 30.3 Å². The minimum absolute atomic E-state index is 0.247. The number of nitrogens with zero attached hydrogens (tertiary/aromatic N) is 3. The second-order valence-corrected chi connectivity index (χ2v) is 10.2. The fraction of sp³-hybridized carbons (Fsp3) is 0.481. The predicted octanol–water partition coefficient (Wildman–Crippen LogP) is 5.80. The van der Waals surface area contributed by atoms with Gasteiger partial charge in [0.2, 0.25) is 5.91 Å². The Morgan fingerprint density at radius 2 is 1.78 bits per heavy atom. The fourth-order valence-electron chi connectivity index (χ4n) is 4.57. The highest BCUT2D eigenvalue weighted by Gasteiger charge is 2.31. The summed E-state index contributed by atoms with van der Waals surface area (Å²) in [6.45, 7) is 8.90. The van der Waals surface area contributed by atoms with E-state index < -0.39 is 6.09 Å². The van der Waals surface area contributed by atoms with E-state index in [1.54, 1.807) is 19.9 Å². The number of aryl methyl sites for hydroxylation is 1. The fourth-order valence-corrected chi connectivity index (χ4v) is 4.99. The highest BCUT2D eigenvalue weighted by molar-refractivity contribution is 6.43. The number of hydrogen-bond acceptors (Lipinski definition) is 6. The first-order valence-corrected chi connectivity index (χ1v) is 13.3. The maximum absolute atomic E-state index is 12.5. The van der Waals surface area contributed by atoms with Crippen LogP contribution in [0, 0.1) is 0 Å². The zero-order chi connectivity index (χ0) is 25.7. The molecule has 0 atom stereocenters. The van der Waals surface area contributed by atoms with E-state index in [4.69, 9.17) is 32.7 Å². The molecule has 4 rings (SSSR count). The maximum Gasteiger partial charge on any atom is 0.421 e. The van der Waals surface area contributed by atoms with Gasteiger partial charge in [-0.15, -0.1) is 0 Å². The summed E-state index contributed by atoms with van der Waals surface area (Å²) in [4.78, 5) is 30.8. The van der Waals surface area contributed by atoms with Crippen molar-refractivity contribution in [3.05, 3.63) is 52.0 Å². The molecule has 0 aromatic heterocycles. The summed E-state index contributed by atoms with van der Waals surface area (Å²) < 4.78 is 11.2. The smallest absolute Gasteiger partial charge is 0.421 e. The first kappa shape index (κ1) is 26.6. The quantitative estimate of drug-likeness (QED) is 0.399. The van der Waals surface area contributed by atoms with E-state index in [0.717, 1.165) is 61.7 Å². The van der Waals surface area contributed by atoms with Crippen molar-refractivity contribution in [1.29, 1.82) is 0 Å². The Labute approximate surface area is 222 Å². The van der Waals surface area contributed by atoms with E-state index in [1.165, 1.54) is 0 Å². The molecule has 2 aromatic carbocycles. The lowest BCUT2D eigenvalue weighted by Gasteiger charge is -2.36. The van der Waals surface area contributed by atoms with Gasteiger partial charge in [-0.1, -0.05) is 35.3 Å². The van der Waals surface area contributed by atoms with Crippen molar-refractivity contribution in [2.75, 3.05) is 49.1 Å². The Morgan fingerprint density at radius 3 is 2.53 bits per heavy atom. The highest BCUT2D eigenvalue weighted by atomic mass is 35.5. The third kappa shape index (κ3) is 6.44. The van der Waals surface area contributed by atoms with Crippen LogP contribution in [0.1, 0.15) is 38.7 Å². The number of carbonyl (C=O) groups is 2. The molecule has 2 heterocycles. The highest BCUT2D eigenvalue weighted by Crippen LogP contribution is 2.34. The van der Waals surface area contributed by atoms with E-state index in [-0.39, 0.29) is 12.0 Å². The molecule has 2 amide bonds. The lowest BCUT2D eigenvalue weighted by molar-refractivity contribution is -0.118. The Kier molecular flexibility index (Phi) is 8.99. The number of amides is 2. The molecule has 0 radical (unpaired) electrons. The van der Waals surface area contributed by atoms with Gasteiger partial charge in [-0.3, -0.25) is 9.69 Å². The van der Waals surface area contributed by atoms with Gasteiger partial charge in [0.05, 0.1) is 34.1 Å². The number of hydrogen-bond donors (Lipinski definition) is 0. The van der Waals surface area contributed by atoms with Crippen molar-refractivity contribution in [1.82, 2.24) is 4.90 Å². The number of carbonyl (C=O) groups excluding carboxylic acids is 2. The van der Waals surface area contributed by atoms with Crippen LogP contribution in [0.4, 0.5) is 16.2 Å². The van der Waals surface area contributed by atoms with Crippen LogP contribution >= 0.6 is 23.2 Å². The number of rotatable bonds is 8. The van der Waals surface area contributed by atoms with E-state index in [9.17, 15) is 9.59 Å². The van der Waals surface area contributed by atoms with Crippen LogP contribution < -0.4 is 14.5 Å². The molecule has 0 aliphatic carbocycles. The molecule has 0 N–H and O–H groups in total. The SMILES string of the molecule is CC(C)OC(=O)N1C(=O)CCc2ccc(OCCCCN3CCN(c4cccc(Cl)c4Cl)CC3)cc21. The van der Waals surface area contributed by atoms with Gasteiger partial charge in [0.15, 0.2) is 0 Å². The van der Waals surface area contributed by atoms with Crippen LogP contribution in [0.3, 0.4) is 0 Å². The zero-order valence-electron chi connectivity index (χ0n) is 20.8. The number of unbranched alkanes of at least 4 members (excludes halogenated alkanes) is 1. The maximum atomic E-state index is 12.5. The number of ether oxygens (including phenoxy) is 2. The molecule has 0 unspecified atom stereocenters. The lowest BCUT2D eigenvalue weighted by atomic mass is 10.0. The van der Waals surface area contributed by atoms with Gasteiger partial charge in [0, 0.05) is 38.7 Å². The molecule has 1 saturated heterocycles. The number of imide groups is 1. The summed E-state index contributed by atoms with van der Waals surface area (Å²) in [5.41, 5.74) is 2.51. The molecule has 2 aliphatic rings. The number of fused-ring (bicyclic) bond motifs is 1. The summed E-state index contributed by atoms with van der Waals surface area (Å²) in [5.74, 6) is 0.404. The number of halogens is 2. The average molecular weight is 534 g/mol. The first-order valence-electron chi connectivity index (χ1n) is 12.5. The molecular formula is C27H33Cl2N3O4. The summed E-state index contributed by atoms with van der Waals surface area (Å²) in [7, 11) is 0. The van der Waals surface area contributed by atoms with E-state index >= 15 is 0 Å². The van der Waals surface area contributed by atoms with Crippen molar-refractivity contribution < 1.29 is 19.1 Å². The van der Waals surface area contributed by atoms with Gasteiger partial charge in [-0.2, -0.15) is 0 Å². The average Bonchev–Trinajstić information content (AvgIpc) is 2.85. The standard InChI is InChI=1S/C27H33Cl2N3O4/c1-19(2)36-27(34)32-24-18-21(10-8-20(24)9-11-25(32)33)35-17-4-3-12-30-13-15-31(16-14-30)23-7-5-6-22(28)26(23)29/h5-8,10,18-19H,3-4,9,11-17H2,1-2H3. The van der Waals surface area contributed by atoms with Crippen molar-refractivity contribution in [2.24, 2.45) is 0 Å². The molecule has 0 spiro atoms. The zero-order valence-corrected chi connectivity index (χ0v) is 22.4. The van der Waals surface area contributed by atoms with Gasteiger partial charge in [0.1, 0.15) is 5.75 Å². The van der Waals surface area contributed by atoms with Crippen molar-refractivity contribution in [3.8, 4) is 5.75 Å². The van der Waals surface area contributed by atoms with Crippen LogP contribution in [-0.4, -0.2) is 62.3 Å². The number of anilines is 2. The van der Waals surface area contributed by atoms with Gasteiger partial charge in [0.25, 0.3) is 0 Å². The molecule has 7 nitrogen and oxygen atoms in total. The van der Waals surface area contributed by atoms with Crippen molar-refractivity contribution in [3.63, 3.8) is 0 Å². The molecule has 2 aromatic rings.